The van der Waals surface area contributed by atoms with Gasteiger partial charge in [0.05, 0.1) is 13.7 Å². The minimum atomic E-state index is -1.03. The van der Waals surface area contributed by atoms with Crippen molar-refractivity contribution in [3.05, 3.63) is 65.2 Å². The fourth-order valence-electron chi connectivity index (χ4n) is 3.94. The van der Waals surface area contributed by atoms with Gasteiger partial charge in [0.2, 0.25) is 11.9 Å². The first kappa shape index (κ1) is 19.9. The van der Waals surface area contributed by atoms with E-state index in [0.29, 0.717) is 18.3 Å². The van der Waals surface area contributed by atoms with Crippen LogP contribution in [0.5, 0.6) is 5.75 Å². The maximum absolute atomic E-state index is 13.0. The molecule has 0 bridgehead atoms. The predicted molar refractivity (Wildman–Crippen MR) is 112 cm³/mol. The SMILES string of the molecule is CCOC(=O)[C@@H]1C(=O)NC(N2CCc3ccccc3C2)=N[C@H]1c1ccc(OC)cc1. The van der Waals surface area contributed by atoms with Crippen LogP contribution >= 0.6 is 0 Å². The number of rotatable bonds is 4. The van der Waals surface area contributed by atoms with Crippen molar-refractivity contribution in [2.75, 3.05) is 20.3 Å². The van der Waals surface area contributed by atoms with E-state index in [1.54, 1.807) is 26.2 Å². The minimum Gasteiger partial charge on any atom is -0.497 e. The molecule has 0 fully saturated rings. The second-order valence-corrected chi connectivity index (χ2v) is 7.33. The summed E-state index contributed by atoms with van der Waals surface area (Å²) >= 11 is 0. The molecule has 0 aliphatic carbocycles. The number of ether oxygens (including phenoxy) is 2. The van der Waals surface area contributed by atoms with Gasteiger partial charge in [0.1, 0.15) is 11.8 Å². The van der Waals surface area contributed by atoms with E-state index in [1.807, 2.05) is 24.3 Å². The first-order valence-corrected chi connectivity index (χ1v) is 10.1. The van der Waals surface area contributed by atoms with Gasteiger partial charge in [-0.05, 0) is 42.2 Å². The van der Waals surface area contributed by atoms with Gasteiger partial charge in [0.25, 0.3) is 0 Å². The van der Waals surface area contributed by atoms with E-state index in [9.17, 15) is 9.59 Å². The Hall–Kier alpha value is -3.35. The highest BCUT2D eigenvalue weighted by Gasteiger charge is 2.42. The summed E-state index contributed by atoms with van der Waals surface area (Å²) in [6.45, 7) is 3.34. The molecule has 30 heavy (non-hydrogen) atoms. The van der Waals surface area contributed by atoms with Gasteiger partial charge in [0, 0.05) is 13.1 Å². The molecule has 2 heterocycles. The minimum absolute atomic E-state index is 0.206. The number of nitrogens with zero attached hydrogens (tertiary/aromatic N) is 2. The zero-order chi connectivity index (χ0) is 21.1. The third kappa shape index (κ3) is 3.87. The fourth-order valence-corrected chi connectivity index (χ4v) is 3.94. The molecule has 0 saturated carbocycles. The van der Waals surface area contributed by atoms with E-state index in [-0.39, 0.29) is 6.61 Å². The number of hydrogen-bond donors (Lipinski definition) is 1. The van der Waals surface area contributed by atoms with Gasteiger partial charge in [-0.1, -0.05) is 36.4 Å². The Morgan fingerprint density at radius 2 is 1.90 bits per heavy atom. The van der Waals surface area contributed by atoms with E-state index in [4.69, 9.17) is 14.5 Å². The second-order valence-electron chi connectivity index (χ2n) is 7.33. The van der Waals surface area contributed by atoms with Crippen LogP contribution in [0.4, 0.5) is 0 Å². The molecule has 2 atom stereocenters. The van der Waals surface area contributed by atoms with Crippen LogP contribution < -0.4 is 10.1 Å². The molecule has 1 amide bonds. The average molecular weight is 407 g/mol. The van der Waals surface area contributed by atoms with Crippen molar-refractivity contribution in [3.63, 3.8) is 0 Å². The molecule has 156 valence electrons. The molecular weight excluding hydrogens is 382 g/mol. The molecule has 2 aliphatic rings. The molecule has 2 aliphatic heterocycles. The summed E-state index contributed by atoms with van der Waals surface area (Å²) in [6, 6.07) is 14.9. The van der Waals surface area contributed by atoms with Crippen molar-refractivity contribution in [1.82, 2.24) is 10.2 Å². The molecule has 7 heteroatoms. The monoisotopic (exact) mass is 407 g/mol. The summed E-state index contributed by atoms with van der Waals surface area (Å²) in [6.07, 6.45) is 0.875. The summed E-state index contributed by atoms with van der Waals surface area (Å²) in [4.78, 5) is 32.4. The van der Waals surface area contributed by atoms with E-state index in [1.165, 1.54) is 11.1 Å². The topological polar surface area (TPSA) is 80.2 Å². The Kier molecular flexibility index (Phi) is 5.70. The van der Waals surface area contributed by atoms with Crippen LogP contribution in [0.3, 0.4) is 0 Å². The number of aliphatic imine (C=N–C) groups is 1. The van der Waals surface area contributed by atoms with Gasteiger partial charge in [0.15, 0.2) is 5.92 Å². The molecular formula is C23H25N3O4. The Morgan fingerprint density at radius 3 is 2.60 bits per heavy atom. The number of nitrogens with one attached hydrogen (secondary N) is 1. The van der Waals surface area contributed by atoms with Gasteiger partial charge < -0.3 is 14.4 Å². The van der Waals surface area contributed by atoms with Crippen molar-refractivity contribution in [1.29, 1.82) is 0 Å². The summed E-state index contributed by atoms with van der Waals surface area (Å²) in [5, 5.41) is 2.84. The average Bonchev–Trinajstić information content (AvgIpc) is 2.78. The Balaban J connectivity index is 1.68. The van der Waals surface area contributed by atoms with Crippen LogP contribution in [0.1, 0.15) is 29.7 Å². The number of amides is 1. The molecule has 0 saturated heterocycles. The molecule has 0 unspecified atom stereocenters. The highest BCUT2D eigenvalue weighted by Crippen LogP contribution is 2.32. The normalized spacial score (nSPS) is 20.7. The lowest BCUT2D eigenvalue weighted by Gasteiger charge is -2.36. The lowest BCUT2D eigenvalue weighted by atomic mass is 9.91. The van der Waals surface area contributed by atoms with Gasteiger partial charge in [-0.15, -0.1) is 0 Å². The van der Waals surface area contributed by atoms with Crippen LogP contribution in [-0.2, 0) is 27.3 Å². The van der Waals surface area contributed by atoms with E-state index >= 15 is 0 Å². The largest absolute Gasteiger partial charge is 0.497 e. The fraction of sp³-hybridized carbons (Fsp3) is 0.348. The van der Waals surface area contributed by atoms with Crippen LogP contribution in [0, 0.1) is 5.92 Å². The lowest BCUT2D eigenvalue weighted by molar-refractivity contribution is -0.153. The summed E-state index contributed by atoms with van der Waals surface area (Å²) in [7, 11) is 1.59. The molecule has 1 N–H and O–H groups in total. The maximum atomic E-state index is 13.0. The Labute approximate surface area is 175 Å². The number of carbonyl (C=O) groups is 2. The van der Waals surface area contributed by atoms with E-state index in [0.717, 1.165) is 18.5 Å². The molecule has 0 aromatic heterocycles. The standard InChI is InChI=1S/C23H25N3O4/c1-3-30-22(28)19-20(16-8-10-18(29-2)11-9-16)24-23(25-21(19)27)26-13-12-15-6-4-5-7-17(15)14-26/h4-11,19-20H,3,12-14H2,1-2H3,(H,24,25,27)/t19-,20-/m0/s1. The third-order valence-corrected chi connectivity index (χ3v) is 5.52. The number of fused-ring (bicyclic) bond motifs is 1. The number of esters is 1. The van der Waals surface area contributed by atoms with Crippen molar-refractivity contribution in [2.24, 2.45) is 10.9 Å². The van der Waals surface area contributed by atoms with Crippen molar-refractivity contribution in [2.45, 2.75) is 25.9 Å². The van der Waals surface area contributed by atoms with E-state index < -0.39 is 23.8 Å². The quantitative estimate of drug-likeness (QED) is 0.622. The third-order valence-electron chi connectivity index (χ3n) is 5.52. The number of hydrogen-bond acceptors (Lipinski definition) is 6. The van der Waals surface area contributed by atoms with Gasteiger partial charge in [-0.2, -0.15) is 0 Å². The van der Waals surface area contributed by atoms with Crippen LogP contribution in [0.2, 0.25) is 0 Å². The molecule has 2 aromatic rings. The summed E-state index contributed by atoms with van der Waals surface area (Å²) < 4.78 is 10.4. The highest BCUT2D eigenvalue weighted by molar-refractivity contribution is 6.08. The number of benzene rings is 2. The lowest BCUT2D eigenvalue weighted by Crippen LogP contribution is -2.53. The molecule has 0 spiro atoms. The van der Waals surface area contributed by atoms with Crippen LogP contribution in [-0.4, -0.2) is 43.0 Å². The number of guanidine groups is 1. The van der Waals surface area contributed by atoms with Crippen LogP contribution in [0.15, 0.2) is 53.5 Å². The van der Waals surface area contributed by atoms with Crippen molar-refractivity contribution < 1.29 is 19.1 Å². The van der Waals surface area contributed by atoms with E-state index in [2.05, 4.69) is 22.3 Å². The number of methoxy groups -OCH3 is 1. The zero-order valence-electron chi connectivity index (χ0n) is 17.1. The maximum Gasteiger partial charge on any atom is 0.321 e. The Morgan fingerprint density at radius 1 is 1.17 bits per heavy atom. The van der Waals surface area contributed by atoms with Crippen molar-refractivity contribution in [3.8, 4) is 5.75 Å². The molecule has 4 rings (SSSR count). The molecule has 0 radical (unpaired) electrons. The van der Waals surface area contributed by atoms with Crippen molar-refractivity contribution >= 4 is 17.8 Å². The molecule has 7 nitrogen and oxygen atoms in total. The Bertz CT molecular complexity index is 971. The van der Waals surface area contributed by atoms with Crippen LogP contribution in [0.25, 0.3) is 0 Å². The summed E-state index contributed by atoms with van der Waals surface area (Å²) in [5.41, 5.74) is 3.29. The number of carbonyl (C=O) groups excluding carboxylic acids is 2. The predicted octanol–water partition coefficient (Wildman–Crippen LogP) is 2.46. The zero-order valence-corrected chi connectivity index (χ0v) is 17.1. The van der Waals surface area contributed by atoms with Gasteiger partial charge in [-0.25, -0.2) is 4.99 Å². The first-order chi connectivity index (χ1) is 14.6. The molecule has 2 aromatic carbocycles. The highest BCUT2D eigenvalue weighted by atomic mass is 16.5. The van der Waals surface area contributed by atoms with Gasteiger partial charge in [-0.3, -0.25) is 14.9 Å². The van der Waals surface area contributed by atoms with Gasteiger partial charge >= 0.3 is 5.97 Å². The second kappa shape index (κ2) is 8.57. The first-order valence-electron chi connectivity index (χ1n) is 10.1. The summed E-state index contributed by atoms with van der Waals surface area (Å²) in [5.74, 6) is -0.792. The smallest absolute Gasteiger partial charge is 0.321 e.